The summed E-state index contributed by atoms with van der Waals surface area (Å²) in [5, 5.41) is 59.0. The van der Waals surface area contributed by atoms with E-state index in [0.29, 0.717) is 0 Å². The van der Waals surface area contributed by atoms with Crippen molar-refractivity contribution in [3.05, 3.63) is 61.3 Å². The van der Waals surface area contributed by atoms with Crippen molar-refractivity contribution < 1.29 is 20.3 Å². The summed E-state index contributed by atoms with van der Waals surface area (Å²) < 4.78 is 0. The quantitative estimate of drug-likeness (QED) is 0.282. The summed E-state index contributed by atoms with van der Waals surface area (Å²) in [6, 6.07) is 0. The Morgan fingerprint density at radius 2 is 0.412 bits per heavy atom. The van der Waals surface area contributed by atoms with Gasteiger partial charge in [0.15, 0.2) is 0 Å². The van der Waals surface area contributed by atoms with Gasteiger partial charge in [0.1, 0.15) is 0 Å². The summed E-state index contributed by atoms with van der Waals surface area (Å²) >= 11 is 0. The molecule has 0 aliphatic heterocycles. The van der Waals surface area contributed by atoms with E-state index in [1.165, 1.54) is 0 Å². The second kappa shape index (κ2) is 23.1. The summed E-state index contributed by atoms with van der Waals surface area (Å²) in [7, 11) is 0. The van der Waals surface area contributed by atoms with Crippen LogP contribution in [-0.2, 0) is 0 Å². The molecule has 16 nitrogen and oxygen atoms in total. The average molecular weight is 276 g/mol. The SMILES string of the molecule is O=[N+]([O-])[O-].O=[N+]([O-])[O-].O=[N+]([O-])[O-].O=[N+]([O-])[O-].[Si+4]. The van der Waals surface area contributed by atoms with Gasteiger partial charge in [0, 0.05) is 0 Å². The van der Waals surface area contributed by atoms with Crippen molar-refractivity contribution in [2.45, 2.75) is 0 Å². The fourth-order valence-electron chi connectivity index (χ4n) is 0. The minimum Gasteiger partial charge on any atom is -0.356 e. The second-order valence-corrected chi connectivity index (χ2v) is 0.894. The van der Waals surface area contributed by atoms with Crippen molar-refractivity contribution in [2.75, 3.05) is 0 Å². The van der Waals surface area contributed by atoms with E-state index in [0.717, 1.165) is 0 Å². The van der Waals surface area contributed by atoms with E-state index in [4.69, 9.17) is 61.3 Å². The Morgan fingerprint density at radius 3 is 0.412 bits per heavy atom. The Bertz CT molecular complexity index is 159. The zero-order valence-corrected chi connectivity index (χ0v) is 8.19. The topological polar surface area (TPSA) is 265 Å². The molecule has 0 unspecified atom stereocenters. The number of nitrogens with zero attached hydrogens (tertiary/aromatic N) is 4. The molecule has 0 radical (unpaired) electrons. The molecule has 0 aromatic carbocycles. The summed E-state index contributed by atoms with van der Waals surface area (Å²) in [6.45, 7) is 0. The minimum atomic E-state index is -1.75. The van der Waals surface area contributed by atoms with Gasteiger partial charge >= 0.3 is 11.0 Å². The smallest absolute Gasteiger partial charge is 0.356 e. The third-order valence-corrected chi connectivity index (χ3v) is 0. The first-order chi connectivity index (χ1) is 6.93. The monoisotopic (exact) mass is 276 g/mol. The molecule has 0 aromatic heterocycles. The van der Waals surface area contributed by atoms with Gasteiger partial charge in [-0.3, -0.25) is 0 Å². The van der Waals surface area contributed by atoms with Gasteiger partial charge in [0.05, 0.1) is 20.3 Å². The molecule has 0 saturated carbocycles. The maximum Gasteiger partial charge on any atom is 4.00 e. The second-order valence-electron chi connectivity index (χ2n) is 0.894. The van der Waals surface area contributed by atoms with Gasteiger partial charge in [-0.25, -0.2) is 0 Å². The summed E-state index contributed by atoms with van der Waals surface area (Å²) in [6.07, 6.45) is 0. The van der Waals surface area contributed by atoms with Gasteiger partial charge in [-0.2, -0.15) is 0 Å². The minimum absolute atomic E-state index is 0. The van der Waals surface area contributed by atoms with Gasteiger partial charge in [-0.15, -0.1) is 0 Å². The van der Waals surface area contributed by atoms with Crippen LogP contribution in [0, 0.1) is 61.3 Å². The molecule has 96 valence electrons. The van der Waals surface area contributed by atoms with Crippen LogP contribution in [0.1, 0.15) is 0 Å². The van der Waals surface area contributed by atoms with Crippen LogP contribution < -0.4 is 0 Å². The van der Waals surface area contributed by atoms with Crippen LogP contribution in [0.4, 0.5) is 0 Å². The number of hydrogen-bond donors (Lipinski definition) is 0. The molecule has 0 aromatic rings. The first-order valence-corrected chi connectivity index (χ1v) is 2.19. The van der Waals surface area contributed by atoms with E-state index in [1.807, 2.05) is 0 Å². The zero-order chi connectivity index (χ0) is 14.3. The standard InChI is InChI=1S/4NO3.Si/c4*2-1(3)4;/q4*-1;+4. The van der Waals surface area contributed by atoms with Crippen molar-refractivity contribution in [3.8, 4) is 0 Å². The predicted octanol–water partition coefficient (Wildman–Crippen LogP) is -1.34. The van der Waals surface area contributed by atoms with Crippen molar-refractivity contribution in [2.24, 2.45) is 0 Å². The van der Waals surface area contributed by atoms with Gasteiger partial charge in [0.2, 0.25) is 0 Å². The van der Waals surface area contributed by atoms with Crippen LogP contribution in [-0.4, -0.2) is 31.3 Å². The average Bonchev–Trinajstić information content (AvgIpc) is 1.76. The third-order valence-electron chi connectivity index (χ3n) is 0. The van der Waals surface area contributed by atoms with Crippen molar-refractivity contribution >= 4 is 11.0 Å². The first kappa shape index (κ1) is 29.2. The van der Waals surface area contributed by atoms with E-state index in [1.54, 1.807) is 0 Å². The van der Waals surface area contributed by atoms with Crippen molar-refractivity contribution in [1.29, 1.82) is 0 Å². The third kappa shape index (κ3) is 178. The molecular formula is N4O12Si. The van der Waals surface area contributed by atoms with Crippen LogP contribution in [0.3, 0.4) is 0 Å². The Labute approximate surface area is 93.8 Å². The van der Waals surface area contributed by atoms with Crippen molar-refractivity contribution in [3.63, 3.8) is 0 Å². The molecule has 17 heteroatoms. The fraction of sp³-hybridized carbons (Fsp3) is 0. The summed E-state index contributed by atoms with van der Waals surface area (Å²) in [5.74, 6) is 0. The van der Waals surface area contributed by atoms with Gasteiger partial charge < -0.3 is 61.3 Å². The molecule has 0 saturated heterocycles. The molecule has 0 spiro atoms. The van der Waals surface area contributed by atoms with Crippen LogP contribution in [0.25, 0.3) is 0 Å². The zero-order valence-electron chi connectivity index (χ0n) is 7.19. The normalized spacial score (nSPS) is 5.65. The molecular weight excluding hydrogens is 276 g/mol. The molecule has 0 N–H and O–H groups in total. The van der Waals surface area contributed by atoms with Gasteiger partial charge in [-0.1, -0.05) is 0 Å². The van der Waals surface area contributed by atoms with Gasteiger partial charge in [0.25, 0.3) is 0 Å². The van der Waals surface area contributed by atoms with E-state index in [9.17, 15) is 0 Å². The summed E-state index contributed by atoms with van der Waals surface area (Å²) in [5.41, 5.74) is 0. The van der Waals surface area contributed by atoms with Crippen LogP contribution in [0.5, 0.6) is 0 Å². The molecule has 17 heavy (non-hydrogen) atoms. The number of hydrogen-bond acceptors (Lipinski definition) is 12. The largest absolute Gasteiger partial charge is 4.00 e. The van der Waals surface area contributed by atoms with Gasteiger partial charge in [-0.05, 0) is 0 Å². The van der Waals surface area contributed by atoms with E-state index >= 15 is 0 Å². The molecule has 0 amide bonds. The number of rotatable bonds is 0. The van der Waals surface area contributed by atoms with Crippen LogP contribution >= 0.6 is 0 Å². The van der Waals surface area contributed by atoms with Crippen LogP contribution in [0.15, 0.2) is 0 Å². The van der Waals surface area contributed by atoms with E-state index in [2.05, 4.69) is 0 Å². The fourth-order valence-corrected chi connectivity index (χ4v) is 0. The Morgan fingerprint density at radius 1 is 0.412 bits per heavy atom. The van der Waals surface area contributed by atoms with E-state index < -0.39 is 20.3 Å². The Balaban J connectivity index is -0.0000000369. The predicted molar refractivity (Wildman–Crippen MR) is 47.2 cm³/mol. The maximum absolute atomic E-state index is 8.25. The molecule has 0 heterocycles. The molecule has 0 aliphatic rings. The molecule has 0 atom stereocenters. The van der Waals surface area contributed by atoms with E-state index in [-0.39, 0.29) is 11.0 Å². The Hall–Kier alpha value is -2.98. The maximum atomic E-state index is 8.25. The Kier molecular flexibility index (Phi) is 39.7. The van der Waals surface area contributed by atoms with Crippen molar-refractivity contribution in [1.82, 2.24) is 0 Å². The first-order valence-electron chi connectivity index (χ1n) is 2.19. The molecule has 0 rings (SSSR count). The van der Waals surface area contributed by atoms with Crippen LogP contribution in [0.2, 0.25) is 0 Å². The molecule has 0 fully saturated rings. The molecule has 0 aliphatic carbocycles. The summed E-state index contributed by atoms with van der Waals surface area (Å²) in [4.78, 5) is 33.0. The molecule has 0 bridgehead atoms.